The molecule has 0 aromatic heterocycles. The van der Waals surface area contributed by atoms with Crippen LogP contribution >= 0.6 is 11.6 Å². The minimum atomic E-state index is -0.475. The van der Waals surface area contributed by atoms with Crippen LogP contribution in [-0.2, 0) is 0 Å². The summed E-state index contributed by atoms with van der Waals surface area (Å²) < 4.78 is 10.4. The van der Waals surface area contributed by atoms with Crippen molar-refractivity contribution in [3.05, 3.63) is 22.7 Å². The molecule has 98 valence electrons. The Morgan fingerprint density at radius 1 is 1.28 bits per heavy atom. The molecular weight excluding hydrogens is 252 g/mol. The average molecular weight is 269 g/mol. The Balaban J connectivity index is 3.21. The van der Waals surface area contributed by atoms with Crippen LogP contribution in [0.5, 0.6) is 11.5 Å². The normalized spacial score (nSPS) is 12.1. The molecule has 0 bridgehead atoms. The first kappa shape index (κ1) is 14.6. The predicted octanol–water partition coefficient (Wildman–Crippen LogP) is 2.92. The van der Waals surface area contributed by atoms with Crippen molar-refractivity contribution in [3.63, 3.8) is 0 Å². The van der Waals surface area contributed by atoms with Gasteiger partial charge in [-0.05, 0) is 19.9 Å². The summed E-state index contributed by atoms with van der Waals surface area (Å²) in [6.07, 6.45) is 0. The molecule has 0 saturated heterocycles. The van der Waals surface area contributed by atoms with E-state index in [4.69, 9.17) is 21.1 Å². The second-order valence-corrected chi connectivity index (χ2v) is 4.47. The van der Waals surface area contributed by atoms with E-state index in [0.717, 1.165) is 0 Å². The topological polar surface area (TPSA) is 54.3 Å². The molecule has 0 aliphatic heterocycles. The fourth-order valence-corrected chi connectivity index (χ4v) is 2.00. The van der Waals surface area contributed by atoms with E-state index in [-0.39, 0.29) is 6.04 Å². The quantitative estimate of drug-likeness (QED) is 0.892. The van der Waals surface area contributed by atoms with Crippen LogP contribution in [0.15, 0.2) is 12.1 Å². The zero-order valence-corrected chi connectivity index (χ0v) is 11.7. The van der Waals surface area contributed by atoms with Gasteiger partial charge in [-0.2, -0.15) is 5.26 Å². The first-order valence-corrected chi connectivity index (χ1v) is 5.99. The Morgan fingerprint density at radius 3 is 2.39 bits per heavy atom. The molecule has 1 N–H and O–H groups in total. The number of benzene rings is 1. The predicted molar refractivity (Wildman–Crippen MR) is 71.2 cm³/mol. The van der Waals surface area contributed by atoms with Gasteiger partial charge >= 0.3 is 0 Å². The van der Waals surface area contributed by atoms with Gasteiger partial charge in [-0.3, -0.25) is 5.32 Å². The van der Waals surface area contributed by atoms with Gasteiger partial charge in [0.1, 0.15) is 6.04 Å². The highest BCUT2D eigenvalue weighted by Gasteiger charge is 2.20. The molecule has 0 aliphatic carbocycles. The van der Waals surface area contributed by atoms with Crippen molar-refractivity contribution >= 4 is 11.6 Å². The number of halogens is 1. The van der Waals surface area contributed by atoms with Crippen LogP contribution in [0.3, 0.4) is 0 Å². The summed E-state index contributed by atoms with van der Waals surface area (Å²) in [5, 5.41) is 12.7. The lowest BCUT2D eigenvalue weighted by Crippen LogP contribution is -2.27. The van der Waals surface area contributed by atoms with Crippen LogP contribution in [0.2, 0.25) is 5.02 Å². The maximum atomic E-state index is 9.20. The van der Waals surface area contributed by atoms with Crippen molar-refractivity contribution in [2.45, 2.75) is 25.9 Å². The number of hydrogen-bond donors (Lipinski definition) is 1. The summed E-state index contributed by atoms with van der Waals surface area (Å²) >= 11 is 6.25. The third-order valence-corrected chi connectivity index (χ3v) is 2.84. The number of nitrogens with zero attached hydrogens (tertiary/aromatic N) is 1. The van der Waals surface area contributed by atoms with E-state index >= 15 is 0 Å². The molecule has 0 aliphatic rings. The van der Waals surface area contributed by atoms with E-state index in [1.807, 2.05) is 13.8 Å². The third-order valence-electron chi connectivity index (χ3n) is 2.45. The summed E-state index contributed by atoms with van der Waals surface area (Å²) in [6.45, 7) is 3.94. The lowest BCUT2D eigenvalue weighted by Gasteiger charge is -2.18. The van der Waals surface area contributed by atoms with Gasteiger partial charge in [-0.25, -0.2) is 0 Å². The summed E-state index contributed by atoms with van der Waals surface area (Å²) in [6, 6.07) is 5.41. The number of nitriles is 1. The molecule has 1 aromatic rings. The van der Waals surface area contributed by atoms with E-state index in [1.54, 1.807) is 19.2 Å². The average Bonchev–Trinajstić information content (AvgIpc) is 2.35. The van der Waals surface area contributed by atoms with Gasteiger partial charge in [0, 0.05) is 11.6 Å². The smallest absolute Gasteiger partial charge is 0.179 e. The van der Waals surface area contributed by atoms with Crippen molar-refractivity contribution in [2.24, 2.45) is 0 Å². The van der Waals surface area contributed by atoms with Gasteiger partial charge < -0.3 is 9.47 Å². The van der Waals surface area contributed by atoms with Crippen LogP contribution in [0.4, 0.5) is 0 Å². The lowest BCUT2D eigenvalue weighted by atomic mass is 10.1. The van der Waals surface area contributed by atoms with E-state index < -0.39 is 6.04 Å². The maximum absolute atomic E-state index is 9.20. The zero-order valence-electron chi connectivity index (χ0n) is 11.0. The second kappa shape index (κ2) is 6.48. The summed E-state index contributed by atoms with van der Waals surface area (Å²) in [5.41, 5.74) is 0.686. The maximum Gasteiger partial charge on any atom is 0.179 e. The molecule has 0 fully saturated rings. The molecule has 0 heterocycles. The summed E-state index contributed by atoms with van der Waals surface area (Å²) in [4.78, 5) is 0. The number of rotatable bonds is 5. The molecule has 1 rings (SSSR count). The Morgan fingerprint density at radius 2 is 1.94 bits per heavy atom. The zero-order chi connectivity index (χ0) is 13.7. The standard InChI is InChI=1S/C13H17ClN2O2/c1-8(2)16-10(7-15)9-5-6-11(17-3)13(18-4)12(9)14/h5-6,8,10,16H,1-4H3. The van der Waals surface area contributed by atoms with Gasteiger partial charge in [0.25, 0.3) is 0 Å². The molecule has 4 nitrogen and oxygen atoms in total. The number of methoxy groups -OCH3 is 2. The van der Waals surface area contributed by atoms with Gasteiger partial charge in [0.2, 0.25) is 0 Å². The molecule has 1 atom stereocenters. The van der Waals surface area contributed by atoms with Crippen LogP contribution in [0, 0.1) is 11.3 Å². The van der Waals surface area contributed by atoms with Crippen LogP contribution in [-0.4, -0.2) is 20.3 Å². The Hall–Kier alpha value is -1.44. The largest absolute Gasteiger partial charge is 0.493 e. The summed E-state index contributed by atoms with van der Waals surface area (Å²) in [7, 11) is 3.06. The van der Waals surface area contributed by atoms with Gasteiger partial charge in [0.05, 0.1) is 25.3 Å². The second-order valence-electron chi connectivity index (χ2n) is 4.09. The van der Waals surface area contributed by atoms with Gasteiger partial charge in [-0.15, -0.1) is 0 Å². The van der Waals surface area contributed by atoms with Gasteiger partial charge in [-0.1, -0.05) is 17.7 Å². The highest BCUT2D eigenvalue weighted by Crippen LogP contribution is 2.39. The highest BCUT2D eigenvalue weighted by molar-refractivity contribution is 6.33. The lowest BCUT2D eigenvalue weighted by molar-refractivity contribution is 0.354. The SMILES string of the molecule is COc1ccc(C(C#N)NC(C)C)c(Cl)c1OC. The third kappa shape index (κ3) is 3.06. The van der Waals surface area contributed by atoms with Crippen molar-refractivity contribution in [1.29, 1.82) is 5.26 Å². The number of ether oxygens (including phenoxy) is 2. The molecule has 0 spiro atoms. The first-order chi connectivity index (χ1) is 8.54. The number of hydrogen-bond acceptors (Lipinski definition) is 4. The van der Waals surface area contributed by atoms with E-state index in [2.05, 4.69) is 11.4 Å². The Kier molecular flexibility index (Phi) is 5.26. The van der Waals surface area contributed by atoms with Crippen molar-refractivity contribution in [2.75, 3.05) is 14.2 Å². The molecule has 18 heavy (non-hydrogen) atoms. The van der Waals surface area contributed by atoms with Crippen molar-refractivity contribution < 1.29 is 9.47 Å². The molecule has 1 aromatic carbocycles. The summed E-state index contributed by atoms with van der Waals surface area (Å²) in [5.74, 6) is 0.995. The first-order valence-electron chi connectivity index (χ1n) is 5.61. The van der Waals surface area contributed by atoms with Crippen molar-refractivity contribution in [1.82, 2.24) is 5.32 Å². The van der Waals surface area contributed by atoms with Crippen LogP contribution in [0.25, 0.3) is 0 Å². The Labute approximate surface area is 112 Å². The van der Waals surface area contributed by atoms with Crippen LogP contribution in [0.1, 0.15) is 25.5 Å². The Bertz CT molecular complexity index is 455. The van der Waals surface area contributed by atoms with Gasteiger partial charge in [0.15, 0.2) is 11.5 Å². The molecule has 1 unspecified atom stereocenters. The molecule has 0 radical (unpaired) electrons. The van der Waals surface area contributed by atoms with E-state index in [0.29, 0.717) is 22.1 Å². The fraction of sp³-hybridized carbons (Fsp3) is 0.462. The highest BCUT2D eigenvalue weighted by atomic mass is 35.5. The monoisotopic (exact) mass is 268 g/mol. The minimum Gasteiger partial charge on any atom is -0.493 e. The van der Waals surface area contributed by atoms with Crippen molar-refractivity contribution in [3.8, 4) is 17.6 Å². The molecule has 0 amide bonds. The van der Waals surface area contributed by atoms with E-state index in [9.17, 15) is 5.26 Å². The van der Waals surface area contributed by atoms with E-state index in [1.165, 1.54) is 7.11 Å². The fourth-order valence-electron chi connectivity index (χ4n) is 1.66. The molecule has 5 heteroatoms. The minimum absolute atomic E-state index is 0.179. The van der Waals surface area contributed by atoms with Crippen LogP contribution < -0.4 is 14.8 Å². The molecular formula is C13H17ClN2O2. The molecule has 0 saturated carbocycles. The number of nitrogens with one attached hydrogen (secondary N) is 1.